The number of pyridine rings is 1. The van der Waals surface area contributed by atoms with E-state index in [4.69, 9.17) is 11.5 Å². The number of hydrogen-bond donors (Lipinski definition) is 1. The highest BCUT2D eigenvalue weighted by Gasteiger charge is 2.13. The van der Waals surface area contributed by atoms with Crippen molar-refractivity contribution < 1.29 is 19.4 Å². The average Bonchev–Trinajstić information content (AvgIpc) is 2.37. The third kappa shape index (κ3) is 3.49. The van der Waals surface area contributed by atoms with E-state index in [2.05, 4.69) is 15.6 Å². The smallest absolute Gasteiger partial charge is 0.338 e. The van der Waals surface area contributed by atoms with Gasteiger partial charge >= 0.3 is 11.9 Å². The minimum Gasteiger partial charge on any atom is -0.480 e. The second-order valence-corrected chi connectivity index (χ2v) is 3.35. The van der Waals surface area contributed by atoms with Gasteiger partial charge in [-0.25, -0.2) is 9.78 Å². The Morgan fingerprint density at radius 1 is 1.61 bits per heavy atom. The highest BCUT2D eigenvalue weighted by atomic mass is 16.5. The molecule has 94 valence electrons. The fraction of sp³-hybridized carbons (Fsp3) is 0.250. The molecule has 18 heavy (non-hydrogen) atoms. The number of hydrogen-bond acceptors (Lipinski definition) is 5. The normalized spacial score (nSPS) is 9.33. The number of aliphatic carboxylic acids is 1. The lowest BCUT2D eigenvalue weighted by molar-refractivity contribution is -0.135. The molecule has 6 nitrogen and oxygen atoms in total. The molecular weight excluding hydrogens is 236 g/mol. The predicted octanol–water partition coefficient (Wildman–Crippen LogP) is 0.392. The second-order valence-electron chi connectivity index (χ2n) is 3.35. The van der Waals surface area contributed by atoms with E-state index in [1.54, 1.807) is 0 Å². The molecule has 1 N–H and O–H groups in total. The van der Waals surface area contributed by atoms with Crippen LogP contribution in [0.1, 0.15) is 10.4 Å². The first-order valence-corrected chi connectivity index (χ1v) is 5.03. The van der Waals surface area contributed by atoms with Gasteiger partial charge in [0.05, 0.1) is 19.2 Å². The van der Waals surface area contributed by atoms with Gasteiger partial charge in [-0.15, -0.1) is 6.42 Å². The van der Waals surface area contributed by atoms with Gasteiger partial charge in [0, 0.05) is 6.20 Å². The largest absolute Gasteiger partial charge is 0.480 e. The lowest BCUT2D eigenvalue weighted by Crippen LogP contribution is -2.30. The summed E-state index contributed by atoms with van der Waals surface area (Å²) in [6.07, 6.45) is 6.56. The Bertz CT molecular complexity index is 493. The summed E-state index contributed by atoms with van der Waals surface area (Å²) in [5.74, 6) is 1.11. The van der Waals surface area contributed by atoms with Gasteiger partial charge in [0.2, 0.25) is 0 Å². The molecule has 6 heteroatoms. The molecule has 0 amide bonds. The van der Waals surface area contributed by atoms with Gasteiger partial charge in [-0.3, -0.25) is 4.79 Å². The lowest BCUT2D eigenvalue weighted by atomic mass is 10.2. The number of terminal acetylenes is 1. The number of carbonyl (C=O) groups is 2. The molecule has 0 unspecified atom stereocenters. The predicted molar refractivity (Wildman–Crippen MR) is 64.3 cm³/mol. The zero-order valence-corrected chi connectivity index (χ0v) is 9.79. The summed E-state index contributed by atoms with van der Waals surface area (Å²) >= 11 is 0. The molecule has 0 aliphatic rings. The van der Waals surface area contributed by atoms with Crippen LogP contribution in [-0.4, -0.2) is 42.2 Å². The fourth-order valence-electron chi connectivity index (χ4n) is 1.33. The van der Waals surface area contributed by atoms with Crippen LogP contribution in [0.15, 0.2) is 18.3 Å². The van der Waals surface area contributed by atoms with E-state index in [0.29, 0.717) is 5.82 Å². The number of carbonyl (C=O) groups excluding carboxylic acids is 1. The molecule has 0 saturated heterocycles. The van der Waals surface area contributed by atoms with E-state index in [1.807, 2.05) is 0 Å². The number of anilines is 1. The summed E-state index contributed by atoms with van der Waals surface area (Å²) in [5.41, 5.74) is 0.287. The van der Waals surface area contributed by atoms with E-state index in [9.17, 15) is 9.59 Å². The number of carboxylic acids is 1. The fourth-order valence-corrected chi connectivity index (χ4v) is 1.33. The first-order valence-electron chi connectivity index (χ1n) is 5.03. The molecule has 1 aromatic rings. The zero-order valence-electron chi connectivity index (χ0n) is 9.79. The van der Waals surface area contributed by atoms with Crippen molar-refractivity contribution in [3.05, 3.63) is 23.9 Å². The molecule has 1 rings (SSSR count). The lowest BCUT2D eigenvalue weighted by Gasteiger charge is -2.19. The molecule has 1 heterocycles. The van der Waals surface area contributed by atoms with Crippen molar-refractivity contribution in [2.75, 3.05) is 25.1 Å². The van der Waals surface area contributed by atoms with E-state index < -0.39 is 11.9 Å². The van der Waals surface area contributed by atoms with Gasteiger partial charge in [0.15, 0.2) is 0 Å². The molecule has 0 atom stereocenters. The van der Waals surface area contributed by atoms with Crippen LogP contribution in [0.5, 0.6) is 0 Å². The van der Waals surface area contributed by atoms with Crippen LogP contribution in [0.3, 0.4) is 0 Å². The molecule has 0 aliphatic heterocycles. The Labute approximate surface area is 104 Å². The van der Waals surface area contributed by atoms with Gasteiger partial charge in [-0.05, 0) is 12.1 Å². The van der Waals surface area contributed by atoms with E-state index >= 15 is 0 Å². The van der Waals surface area contributed by atoms with E-state index in [1.165, 1.54) is 30.3 Å². The Kier molecular flexibility index (Phi) is 4.69. The highest BCUT2D eigenvalue weighted by Crippen LogP contribution is 2.13. The summed E-state index contributed by atoms with van der Waals surface area (Å²) in [5, 5.41) is 8.77. The van der Waals surface area contributed by atoms with Crippen molar-refractivity contribution in [1.29, 1.82) is 0 Å². The van der Waals surface area contributed by atoms with Gasteiger partial charge in [-0.2, -0.15) is 0 Å². The molecule has 0 bridgehead atoms. The number of aromatic nitrogens is 1. The third-order valence-electron chi connectivity index (χ3n) is 2.10. The second kappa shape index (κ2) is 6.25. The van der Waals surface area contributed by atoms with Gasteiger partial charge in [-0.1, -0.05) is 5.92 Å². The molecule has 0 radical (unpaired) electrons. The maximum atomic E-state index is 11.3. The Balaban J connectivity index is 3.01. The molecule has 0 fully saturated rings. The summed E-state index contributed by atoms with van der Waals surface area (Å²) in [7, 11) is 1.26. The van der Waals surface area contributed by atoms with E-state index in [-0.39, 0.29) is 18.7 Å². The third-order valence-corrected chi connectivity index (χ3v) is 2.10. The van der Waals surface area contributed by atoms with Crippen LogP contribution in [-0.2, 0) is 9.53 Å². The first kappa shape index (κ1) is 13.5. The van der Waals surface area contributed by atoms with Gasteiger partial charge < -0.3 is 14.7 Å². The number of methoxy groups -OCH3 is 1. The maximum Gasteiger partial charge on any atom is 0.338 e. The minimum atomic E-state index is -1.03. The first-order chi connectivity index (χ1) is 8.58. The monoisotopic (exact) mass is 248 g/mol. The van der Waals surface area contributed by atoms with Crippen molar-refractivity contribution in [2.45, 2.75) is 0 Å². The molecule has 1 aromatic heterocycles. The quantitative estimate of drug-likeness (QED) is 0.600. The summed E-state index contributed by atoms with van der Waals surface area (Å²) < 4.78 is 4.57. The maximum absolute atomic E-state index is 11.3. The minimum absolute atomic E-state index is 0.0872. The van der Waals surface area contributed by atoms with Crippen molar-refractivity contribution in [3.63, 3.8) is 0 Å². The van der Waals surface area contributed by atoms with Crippen LogP contribution in [0.25, 0.3) is 0 Å². The summed E-state index contributed by atoms with van der Waals surface area (Å²) in [6.45, 7) is -0.203. The molecule has 0 spiro atoms. The van der Waals surface area contributed by atoms with Crippen LogP contribution >= 0.6 is 0 Å². The molecular formula is C12H12N2O4. The Morgan fingerprint density at radius 3 is 2.89 bits per heavy atom. The number of carboxylic acid groups (broad SMARTS) is 1. The number of nitrogens with zero attached hydrogens (tertiary/aromatic N) is 2. The molecule has 0 aromatic carbocycles. The molecule has 0 saturated carbocycles. The number of esters is 1. The van der Waals surface area contributed by atoms with Crippen LogP contribution in [0.2, 0.25) is 0 Å². The SMILES string of the molecule is C#CCN(CC(=O)O)c1cc(C(=O)OC)ccn1. The Hall–Kier alpha value is -2.55. The molecule has 0 aliphatic carbocycles. The van der Waals surface area contributed by atoms with Crippen molar-refractivity contribution in [3.8, 4) is 12.3 Å². The summed E-state index contributed by atoms with van der Waals surface area (Å²) in [4.78, 5) is 27.4. The highest BCUT2D eigenvalue weighted by molar-refractivity contribution is 5.90. The summed E-state index contributed by atoms with van der Waals surface area (Å²) in [6, 6.07) is 2.91. The van der Waals surface area contributed by atoms with Crippen LogP contribution in [0, 0.1) is 12.3 Å². The van der Waals surface area contributed by atoms with Crippen LogP contribution in [0.4, 0.5) is 5.82 Å². The Morgan fingerprint density at radius 2 is 2.33 bits per heavy atom. The number of ether oxygens (including phenoxy) is 1. The zero-order chi connectivity index (χ0) is 13.5. The number of rotatable bonds is 5. The van der Waals surface area contributed by atoms with Crippen LogP contribution < -0.4 is 4.90 Å². The van der Waals surface area contributed by atoms with Gasteiger partial charge in [0.25, 0.3) is 0 Å². The average molecular weight is 248 g/mol. The topological polar surface area (TPSA) is 79.7 Å². The van der Waals surface area contributed by atoms with Crippen molar-refractivity contribution in [2.24, 2.45) is 0 Å². The standard InChI is InChI=1S/C12H12N2O4/c1-3-6-14(8-11(15)16)10-7-9(4-5-13-10)12(17)18-2/h1,4-5,7H,6,8H2,2H3,(H,15,16). The van der Waals surface area contributed by atoms with Crippen molar-refractivity contribution in [1.82, 2.24) is 4.98 Å². The van der Waals surface area contributed by atoms with Crippen molar-refractivity contribution >= 4 is 17.8 Å². The van der Waals surface area contributed by atoms with Gasteiger partial charge in [0.1, 0.15) is 12.4 Å². The van der Waals surface area contributed by atoms with E-state index in [0.717, 1.165) is 0 Å².